The quantitative estimate of drug-likeness (QED) is 0.263. The van der Waals surface area contributed by atoms with Crippen molar-refractivity contribution < 1.29 is 41.5 Å². The van der Waals surface area contributed by atoms with Gasteiger partial charge in [0.2, 0.25) is 0 Å². The number of esters is 2. The molecule has 0 aliphatic carbocycles. The van der Waals surface area contributed by atoms with Crippen LogP contribution in [0.2, 0.25) is 22.2 Å². The van der Waals surface area contributed by atoms with Crippen LogP contribution in [0, 0.1) is 5.41 Å². The summed E-state index contributed by atoms with van der Waals surface area (Å²) in [7, 11) is -4.76. The fraction of sp³-hybridized carbons (Fsp3) is 0.800. The van der Waals surface area contributed by atoms with Crippen LogP contribution in [-0.4, -0.2) is 76.8 Å². The molecule has 2 saturated heterocycles. The Morgan fingerprint density at radius 3 is 2.07 bits per heavy atom. The molecule has 3 rings (SSSR count). The maximum Gasteiger partial charge on any atom is 0.335 e. The molecule has 0 N–H and O–H groups in total. The number of carbonyl (C=O) groups is 2. The zero-order chi connectivity index (χ0) is 34.1. The van der Waals surface area contributed by atoms with Gasteiger partial charge in [0.1, 0.15) is 24.9 Å². The highest BCUT2D eigenvalue weighted by Gasteiger charge is 2.62. The Bertz CT molecular complexity index is 1300. The third kappa shape index (κ3) is 7.55. The summed E-state index contributed by atoms with van der Waals surface area (Å²) in [5, 5.41) is 0. The van der Waals surface area contributed by atoms with E-state index in [9.17, 15) is 19.2 Å². The molecular formula is C30H52N2O11Si2. The van der Waals surface area contributed by atoms with Gasteiger partial charge in [-0.3, -0.25) is 14.2 Å². The molecule has 0 amide bonds. The fourth-order valence-corrected chi connectivity index (χ4v) is 17.1. The summed E-state index contributed by atoms with van der Waals surface area (Å²) in [6, 6.07) is 1.19. The maximum atomic E-state index is 13.8. The van der Waals surface area contributed by atoms with Crippen molar-refractivity contribution >= 4 is 29.1 Å². The van der Waals surface area contributed by atoms with Gasteiger partial charge in [0.25, 0.3) is 5.56 Å². The molecule has 3 heterocycles. The Hall–Kier alpha value is -2.15. The number of carbonyl (C=O) groups excluding carboxylic acids is 2. The lowest BCUT2D eigenvalue weighted by atomic mass is 9.98. The summed E-state index contributed by atoms with van der Waals surface area (Å²) < 4.78 is 46.0. The normalized spacial score (nSPS) is 24.9. The Labute approximate surface area is 267 Å². The second-order valence-corrected chi connectivity index (χ2v) is 22.9. The van der Waals surface area contributed by atoms with Gasteiger partial charge in [0.15, 0.2) is 13.0 Å². The van der Waals surface area contributed by atoms with Crippen molar-refractivity contribution in [2.45, 2.75) is 130 Å². The van der Waals surface area contributed by atoms with Crippen molar-refractivity contribution in [1.82, 2.24) is 9.13 Å². The molecule has 15 heteroatoms. The van der Waals surface area contributed by atoms with E-state index in [-0.39, 0.29) is 28.8 Å². The molecule has 45 heavy (non-hydrogen) atoms. The van der Waals surface area contributed by atoms with Crippen molar-refractivity contribution in [3.63, 3.8) is 0 Å². The molecule has 4 atom stereocenters. The van der Waals surface area contributed by atoms with E-state index in [0.29, 0.717) is 0 Å². The van der Waals surface area contributed by atoms with Crippen molar-refractivity contribution in [3.8, 4) is 0 Å². The molecule has 0 unspecified atom stereocenters. The Morgan fingerprint density at radius 1 is 0.978 bits per heavy atom. The molecule has 256 valence electrons. The van der Waals surface area contributed by atoms with E-state index in [4.69, 9.17) is 31.9 Å². The topological polar surface area (TPSA) is 143 Å². The van der Waals surface area contributed by atoms with Crippen LogP contribution < -0.4 is 11.2 Å². The fourth-order valence-electron chi connectivity index (χ4n) is 5.93. The van der Waals surface area contributed by atoms with Gasteiger partial charge in [-0.15, -0.1) is 0 Å². The van der Waals surface area contributed by atoms with Crippen LogP contribution in [0.4, 0.5) is 0 Å². The smallest absolute Gasteiger partial charge is 0.335 e. The van der Waals surface area contributed by atoms with Gasteiger partial charge in [-0.05, 0) is 42.9 Å². The van der Waals surface area contributed by atoms with Gasteiger partial charge in [-0.25, -0.2) is 14.2 Å². The largest absolute Gasteiger partial charge is 0.467 e. The number of fused-ring (bicyclic) bond motifs is 1. The van der Waals surface area contributed by atoms with Crippen LogP contribution >= 0.6 is 0 Å². The minimum Gasteiger partial charge on any atom is -0.467 e. The second kappa shape index (κ2) is 14.3. The molecular weight excluding hydrogens is 621 g/mol. The summed E-state index contributed by atoms with van der Waals surface area (Å²) in [4.78, 5) is 51.2. The first-order chi connectivity index (χ1) is 20.8. The average molecular weight is 673 g/mol. The number of aromatic nitrogens is 2. The first-order valence-corrected chi connectivity index (χ1v) is 19.6. The molecule has 1 aromatic heterocycles. The molecule has 2 fully saturated rings. The molecule has 0 radical (unpaired) electrons. The van der Waals surface area contributed by atoms with Crippen molar-refractivity contribution in [3.05, 3.63) is 33.1 Å². The third-order valence-electron chi connectivity index (χ3n) is 8.55. The highest BCUT2D eigenvalue weighted by atomic mass is 28.5. The number of hydrogen-bond acceptors (Lipinski definition) is 11. The number of hydrogen-bond donors (Lipinski definition) is 0. The summed E-state index contributed by atoms with van der Waals surface area (Å²) in [5.74, 6) is -1.19. The predicted octanol–water partition coefficient (Wildman–Crippen LogP) is 3.97. The number of nitrogens with zero attached hydrogens (tertiary/aromatic N) is 2. The molecule has 2 aliphatic rings. The third-order valence-corrected chi connectivity index (χ3v) is 18.8. The van der Waals surface area contributed by atoms with E-state index >= 15 is 0 Å². The minimum atomic E-state index is -3.12. The van der Waals surface area contributed by atoms with E-state index < -0.39 is 83.6 Å². The second-order valence-electron chi connectivity index (χ2n) is 14.1. The van der Waals surface area contributed by atoms with E-state index in [1.165, 1.54) is 23.9 Å². The van der Waals surface area contributed by atoms with Crippen molar-refractivity contribution in [2.24, 2.45) is 5.41 Å². The van der Waals surface area contributed by atoms with Crippen LogP contribution in [0.25, 0.3) is 0 Å². The average Bonchev–Trinajstić information content (AvgIpc) is 3.25. The zero-order valence-corrected chi connectivity index (χ0v) is 30.8. The van der Waals surface area contributed by atoms with Crippen LogP contribution in [-0.2, 0) is 48.2 Å². The van der Waals surface area contributed by atoms with Gasteiger partial charge < -0.3 is 31.9 Å². The standard InChI is InChI=1S/C30H52N2O11Si2/c1-18(2)44(19(3)4)40-15-22-25(42-45(43-44,20(5)6)21(7)8)26(38-16-24(34)37-12)27(41-22)31-14-13-23(33)32(29(31)36)17-39-28(35)30(9,10)11/h13-14,18-22,25-27H,15-17H2,1-12H3/t22-,25-,26-,27-/m1/s1. The van der Waals surface area contributed by atoms with Crippen LogP contribution in [0.15, 0.2) is 21.9 Å². The first kappa shape index (κ1) is 37.3. The first-order valence-electron chi connectivity index (χ1n) is 15.7. The van der Waals surface area contributed by atoms with E-state index in [2.05, 4.69) is 55.4 Å². The summed E-state index contributed by atoms with van der Waals surface area (Å²) in [6.07, 6.45) is -2.28. The molecule has 2 aliphatic heterocycles. The van der Waals surface area contributed by atoms with E-state index in [1.807, 2.05) is 0 Å². The Kier molecular flexibility index (Phi) is 11.9. The summed E-state index contributed by atoms with van der Waals surface area (Å²) in [6.45, 7) is 20.9. The maximum absolute atomic E-state index is 13.8. The minimum absolute atomic E-state index is 0.00617. The Balaban J connectivity index is 2.15. The lowest BCUT2D eigenvalue weighted by Crippen LogP contribution is -2.66. The summed E-state index contributed by atoms with van der Waals surface area (Å²) in [5.41, 5.74) is -2.05. The zero-order valence-electron chi connectivity index (χ0n) is 28.8. The lowest BCUT2D eigenvalue weighted by molar-refractivity contribution is -0.157. The van der Waals surface area contributed by atoms with Crippen molar-refractivity contribution in [1.29, 1.82) is 0 Å². The SMILES string of the molecule is COC(=O)CO[C@@H]1[C@@H]2O[Si](C(C)C)(C(C)C)O[Si](C(C)C)(C(C)C)OC[C@H]2O[C@H]1n1ccc(=O)n(COC(=O)C(C)(C)C)c1=O. The van der Waals surface area contributed by atoms with Crippen LogP contribution in [0.3, 0.4) is 0 Å². The van der Waals surface area contributed by atoms with Gasteiger partial charge >= 0.3 is 34.8 Å². The van der Waals surface area contributed by atoms with E-state index in [1.54, 1.807) is 20.8 Å². The lowest BCUT2D eigenvalue weighted by Gasteiger charge is -2.51. The predicted molar refractivity (Wildman–Crippen MR) is 170 cm³/mol. The van der Waals surface area contributed by atoms with Gasteiger partial charge in [0.05, 0.1) is 19.1 Å². The summed E-state index contributed by atoms with van der Waals surface area (Å²) >= 11 is 0. The number of ether oxygens (including phenoxy) is 4. The molecule has 0 spiro atoms. The van der Waals surface area contributed by atoms with Gasteiger partial charge in [0, 0.05) is 12.3 Å². The highest BCUT2D eigenvalue weighted by molar-refractivity contribution is 6.84. The van der Waals surface area contributed by atoms with Crippen LogP contribution in [0.5, 0.6) is 0 Å². The highest BCUT2D eigenvalue weighted by Crippen LogP contribution is 2.48. The van der Waals surface area contributed by atoms with Crippen LogP contribution in [0.1, 0.15) is 82.4 Å². The van der Waals surface area contributed by atoms with E-state index in [0.717, 1.165) is 4.57 Å². The molecule has 1 aromatic rings. The molecule has 13 nitrogen and oxygen atoms in total. The molecule has 0 aromatic carbocycles. The number of methoxy groups -OCH3 is 1. The Morgan fingerprint density at radius 2 is 1.56 bits per heavy atom. The van der Waals surface area contributed by atoms with Gasteiger partial charge in [-0.1, -0.05) is 55.4 Å². The monoisotopic (exact) mass is 672 g/mol. The van der Waals surface area contributed by atoms with Crippen molar-refractivity contribution in [2.75, 3.05) is 20.3 Å². The molecule has 0 bridgehead atoms. The number of rotatable bonds is 10. The molecule has 0 saturated carbocycles. The van der Waals surface area contributed by atoms with Gasteiger partial charge in [-0.2, -0.15) is 0 Å².